The Labute approximate surface area is 184 Å². The van der Waals surface area contributed by atoms with Crippen LogP contribution in [0.4, 0.5) is 0 Å². The predicted molar refractivity (Wildman–Crippen MR) is 139 cm³/mol. The zero-order valence-electron chi connectivity index (χ0n) is 15.1. The van der Waals surface area contributed by atoms with Crippen molar-refractivity contribution in [2.45, 2.75) is 44.5 Å². The first-order valence-electron chi connectivity index (χ1n) is 8.09. The Hall–Kier alpha value is 0.917. The van der Waals surface area contributed by atoms with E-state index in [0.29, 0.717) is 0 Å². The molecule has 0 saturated carbocycles. The quantitative estimate of drug-likeness (QED) is 0.194. The Morgan fingerprint density at radius 1 is 0.577 bits per heavy atom. The van der Waals surface area contributed by atoms with E-state index >= 15 is 0 Å². The van der Waals surface area contributed by atoms with E-state index in [2.05, 4.69) is 87.3 Å². The van der Waals surface area contributed by atoms with Crippen molar-refractivity contribution < 1.29 is 0 Å². The Morgan fingerprint density at radius 3 is 1.23 bits per heavy atom. The fourth-order valence-corrected chi connectivity index (χ4v) is 17.6. The van der Waals surface area contributed by atoms with Crippen LogP contribution in [0.1, 0.15) is 14.9 Å². The molecular formula is C20H32S4Sn2. The van der Waals surface area contributed by atoms with Gasteiger partial charge in [-0.25, -0.2) is 0 Å². The zero-order valence-corrected chi connectivity index (χ0v) is 24.1. The number of rotatable bonds is 2. The molecule has 0 amide bonds. The molecule has 0 nitrogen and oxygen atoms in total. The smallest absolute Gasteiger partial charge is 0.0450 e. The number of thiophene rings is 4. The fraction of sp³-hybridized carbons (Fsp3) is 0.400. The van der Waals surface area contributed by atoms with Crippen LogP contribution in [-0.2, 0) is 0 Å². The van der Waals surface area contributed by atoms with Crippen molar-refractivity contribution in [3.05, 3.63) is 35.0 Å². The van der Waals surface area contributed by atoms with E-state index in [1.807, 2.05) is 0 Å². The van der Waals surface area contributed by atoms with Gasteiger partial charge in [0.05, 0.1) is 0 Å². The predicted octanol–water partition coefficient (Wildman–Crippen LogP) is 8.29. The van der Waals surface area contributed by atoms with Crippen LogP contribution in [-0.4, -0.2) is 36.8 Å². The van der Waals surface area contributed by atoms with Crippen LogP contribution in [0.15, 0.2) is 35.0 Å². The molecule has 0 aromatic carbocycles. The maximum atomic E-state index is 2.51. The fourth-order valence-electron chi connectivity index (χ4n) is 2.27. The van der Waals surface area contributed by atoms with Crippen molar-refractivity contribution in [3.8, 4) is 0 Å². The second-order valence-corrected chi connectivity index (χ2v) is 42.9. The molecule has 0 radical (unpaired) electrons. The topological polar surface area (TPSA) is 0 Å². The summed E-state index contributed by atoms with van der Waals surface area (Å²) in [6.07, 6.45) is 0. The van der Waals surface area contributed by atoms with E-state index in [1.54, 1.807) is 37.9 Å². The summed E-state index contributed by atoms with van der Waals surface area (Å²) in [4.78, 5) is 15.0. The van der Waals surface area contributed by atoms with Gasteiger partial charge in [0.1, 0.15) is 0 Å². The van der Waals surface area contributed by atoms with Crippen LogP contribution in [0.2, 0.25) is 29.6 Å². The third-order valence-corrected chi connectivity index (χ3v) is 26.8. The monoisotopic (exact) mass is 640 g/mol. The van der Waals surface area contributed by atoms with Gasteiger partial charge in [0.2, 0.25) is 0 Å². The molecule has 0 N–H and O–H groups in total. The minimum atomic E-state index is -1.82. The third kappa shape index (κ3) is 5.96. The summed E-state index contributed by atoms with van der Waals surface area (Å²) in [7, 11) is 0. The molecular weight excluding hydrogens is 606 g/mol. The van der Waals surface area contributed by atoms with E-state index in [-0.39, 0.29) is 14.9 Å². The maximum Gasteiger partial charge on any atom is 0.0450 e. The summed E-state index contributed by atoms with van der Waals surface area (Å²) >= 11 is 4.13. The molecule has 0 atom stereocenters. The van der Waals surface area contributed by atoms with Gasteiger partial charge in [-0.2, -0.15) is 0 Å². The van der Waals surface area contributed by atoms with Crippen LogP contribution >= 0.6 is 45.3 Å². The first-order chi connectivity index (χ1) is 11.1. The SMILES string of the molecule is C.C.[CH3][Sn]([CH3])([CH3])[c]1cc2s[c]([Sn]([CH3])([CH3])[CH3])cc2s1.c1cc2sccc2s1. The first kappa shape index (κ1) is 25.0. The van der Waals surface area contributed by atoms with Crippen molar-refractivity contribution >= 4 is 107 Å². The standard InChI is InChI=1S/C6H4S2.C6H2S2.2CH4.6CH3.2Sn/c2*1-3-7-6-2-4-8-5(1)6;;;;;;;;;;/h1-4H;1-2H;2*1H4;6*1H3;;. The third-order valence-electron chi connectivity index (χ3n) is 3.76. The molecule has 26 heavy (non-hydrogen) atoms. The molecule has 0 aliphatic rings. The minimum absolute atomic E-state index is 0. The summed E-state index contributed by atoms with van der Waals surface area (Å²) in [5.41, 5.74) is 0. The molecule has 0 bridgehead atoms. The normalized spacial score (nSPS) is 11.6. The van der Waals surface area contributed by atoms with Gasteiger partial charge in [-0.05, 0) is 22.9 Å². The average Bonchev–Trinajstić information content (AvgIpc) is 3.16. The Morgan fingerprint density at radius 2 is 0.923 bits per heavy atom. The van der Waals surface area contributed by atoms with Crippen LogP contribution in [0, 0.1) is 0 Å². The first-order valence-corrected chi connectivity index (χ1v) is 31.5. The molecule has 4 aromatic rings. The van der Waals surface area contributed by atoms with Crippen molar-refractivity contribution in [2.75, 3.05) is 0 Å². The van der Waals surface area contributed by atoms with Crippen LogP contribution in [0.5, 0.6) is 0 Å². The van der Waals surface area contributed by atoms with Gasteiger partial charge >= 0.3 is 116 Å². The van der Waals surface area contributed by atoms with Crippen molar-refractivity contribution in [2.24, 2.45) is 0 Å². The zero-order chi connectivity index (χ0) is 17.5. The summed E-state index contributed by atoms with van der Waals surface area (Å²) in [5.74, 6) is 0. The second kappa shape index (κ2) is 9.61. The molecule has 0 fully saturated rings. The average molecular weight is 638 g/mol. The Balaban J connectivity index is 0.000000286. The van der Waals surface area contributed by atoms with Gasteiger partial charge in [0, 0.05) is 9.40 Å². The largest absolute Gasteiger partial charge is 0.143 e. The van der Waals surface area contributed by atoms with Gasteiger partial charge < -0.3 is 0 Å². The van der Waals surface area contributed by atoms with Crippen molar-refractivity contribution in [1.29, 1.82) is 0 Å². The van der Waals surface area contributed by atoms with Crippen LogP contribution in [0.3, 0.4) is 0 Å². The van der Waals surface area contributed by atoms with Gasteiger partial charge in [-0.15, -0.1) is 22.7 Å². The van der Waals surface area contributed by atoms with E-state index in [4.69, 9.17) is 0 Å². The number of fused-ring (bicyclic) bond motifs is 2. The van der Waals surface area contributed by atoms with E-state index in [1.165, 1.54) is 9.40 Å². The minimum Gasteiger partial charge on any atom is -0.143 e. The van der Waals surface area contributed by atoms with Crippen LogP contribution < -0.4 is 5.79 Å². The molecule has 0 aliphatic heterocycles. The molecule has 4 heterocycles. The molecule has 0 saturated heterocycles. The number of hydrogen-bond acceptors (Lipinski definition) is 4. The molecule has 4 rings (SSSR count). The Kier molecular flexibility index (Phi) is 9.22. The summed E-state index contributed by atoms with van der Waals surface area (Å²) in [5, 5.41) is 4.25. The summed E-state index contributed by atoms with van der Waals surface area (Å²) < 4.78 is 9.41. The van der Waals surface area contributed by atoms with Gasteiger partial charge in [-0.1, -0.05) is 14.9 Å². The van der Waals surface area contributed by atoms with Gasteiger partial charge in [-0.3, -0.25) is 0 Å². The molecule has 4 aromatic heterocycles. The van der Waals surface area contributed by atoms with Gasteiger partial charge in [0.15, 0.2) is 0 Å². The molecule has 144 valence electrons. The second-order valence-electron chi connectivity index (χ2n) is 8.02. The van der Waals surface area contributed by atoms with E-state index < -0.39 is 36.8 Å². The summed E-state index contributed by atoms with van der Waals surface area (Å²) in [6.45, 7) is 0. The molecule has 0 unspecified atom stereocenters. The van der Waals surface area contributed by atoms with Crippen molar-refractivity contribution in [3.63, 3.8) is 0 Å². The molecule has 0 aliphatic carbocycles. The maximum absolute atomic E-state index is 2.51. The van der Waals surface area contributed by atoms with Crippen LogP contribution in [0.25, 0.3) is 18.8 Å². The van der Waals surface area contributed by atoms with E-state index in [0.717, 1.165) is 0 Å². The Bertz CT molecular complexity index is 816. The number of hydrogen-bond donors (Lipinski definition) is 0. The van der Waals surface area contributed by atoms with Crippen molar-refractivity contribution in [1.82, 2.24) is 0 Å². The van der Waals surface area contributed by atoms with E-state index in [9.17, 15) is 0 Å². The van der Waals surface area contributed by atoms with Gasteiger partial charge in [0.25, 0.3) is 0 Å². The molecule has 6 heteroatoms. The summed E-state index contributed by atoms with van der Waals surface area (Å²) in [6, 6.07) is 9.32. The molecule has 0 spiro atoms.